The monoisotopic (exact) mass is 268 g/mol. The van der Waals surface area contributed by atoms with Crippen LogP contribution in [0.4, 0.5) is 0 Å². The van der Waals surface area contributed by atoms with Gasteiger partial charge < -0.3 is 4.43 Å². The Kier molecular flexibility index (Phi) is 4.72. The molecule has 19 heavy (non-hydrogen) atoms. The summed E-state index contributed by atoms with van der Waals surface area (Å²) in [5.41, 5.74) is 1.21. The van der Waals surface area contributed by atoms with Crippen molar-refractivity contribution in [1.82, 2.24) is 0 Å². The van der Waals surface area contributed by atoms with Crippen molar-refractivity contribution in [3.8, 4) is 0 Å². The first-order valence-corrected chi connectivity index (χ1v) is 9.50. The maximum atomic E-state index is 6.09. The summed E-state index contributed by atoms with van der Waals surface area (Å²) in [6, 6.07) is 20.8. The standard InChI is InChI=1S/C17H20OSi/c1-19(2,17-13-7-4-8-14-17)18-15-9-12-16-10-5-3-6-11-16/h3-14H,15H2,1-2H3/b12-9+. The molecule has 0 aliphatic rings. The van der Waals surface area contributed by atoms with Crippen LogP contribution in [-0.4, -0.2) is 14.9 Å². The van der Waals surface area contributed by atoms with Gasteiger partial charge in [0, 0.05) is 0 Å². The van der Waals surface area contributed by atoms with E-state index in [-0.39, 0.29) is 0 Å². The first kappa shape index (κ1) is 13.8. The van der Waals surface area contributed by atoms with E-state index in [1.165, 1.54) is 10.8 Å². The van der Waals surface area contributed by atoms with Gasteiger partial charge in [-0.2, -0.15) is 0 Å². The van der Waals surface area contributed by atoms with Crippen molar-refractivity contribution in [2.24, 2.45) is 0 Å². The molecule has 2 aromatic carbocycles. The van der Waals surface area contributed by atoms with Crippen LogP contribution in [0.1, 0.15) is 5.56 Å². The van der Waals surface area contributed by atoms with Crippen molar-refractivity contribution in [3.05, 3.63) is 72.3 Å². The van der Waals surface area contributed by atoms with Gasteiger partial charge in [0.15, 0.2) is 0 Å². The second-order valence-corrected chi connectivity index (χ2v) is 8.89. The molecule has 2 aromatic rings. The predicted molar refractivity (Wildman–Crippen MR) is 85.0 cm³/mol. The number of benzene rings is 2. The van der Waals surface area contributed by atoms with E-state index in [0.29, 0.717) is 6.61 Å². The maximum absolute atomic E-state index is 6.09. The number of rotatable bonds is 5. The molecule has 1 nitrogen and oxygen atoms in total. The quantitative estimate of drug-likeness (QED) is 0.749. The van der Waals surface area contributed by atoms with Gasteiger partial charge in [-0.15, -0.1) is 0 Å². The van der Waals surface area contributed by atoms with Gasteiger partial charge in [0.05, 0.1) is 6.61 Å². The topological polar surface area (TPSA) is 9.23 Å². The number of hydrogen-bond acceptors (Lipinski definition) is 1. The Morgan fingerprint density at radius 2 is 1.47 bits per heavy atom. The first-order valence-electron chi connectivity index (χ1n) is 6.59. The second kappa shape index (κ2) is 6.50. The SMILES string of the molecule is C[Si](C)(OC/C=C/c1ccccc1)c1ccccc1. The zero-order chi connectivity index (χ0) is 13.6. The third kappa shape index (κ3) is 4.19. The largest absolute Gasteiger partial charge is 0.409 e. The minimum atomic E-state index is -1.77. The van der Waals surface area contributed by atoms with Crippen LogP contribution in [0.25, 0.3) is 6.08 Å². The first-order chi connectivity index (χ1) is 9.18. The van der Waals surface area contributed by atoms with E-state index < -0.39 is 8.32 Å². The molecule has 98 valence electrons. The highest BCUT2D eigenvalue weighted by molar-refractivity contribution is 6.84. The smallest absolute Gasteiger partial charge is 0.218 e. The summed E-state index contributed by atoms with van der Waals surface area (Å²) >= 11 is 0. The summed E-state index contributed by atoms with van der Waals surface area (Å²) in [6.07, 6.45) is 4.20. The Labute approximate surface area is 116 Å². The lowest BCUT2D eigenvalue weighted by Gasteiger charge is -2.22. The van der Waals surface area contributed by atoms with Crippen LogP contribution >= 0.6 is 0 Å². The average Bonchev–Trinajstić information content (AvgIpc) is 2.46. The molecule has 0 saturated heterocycles. The predicted octanol–water partition coefficient (Wildman–Crippen LogP) is 3.83. The highest BCUT2D eigenvalue weighted by Crippen LogP contribution is 2.06. The van der Waals surface area contributed by atoms with Crippen molar-refractivity contribution in [1.29, 1.82) is 0 Å². The maximum Gasteiger partial charge on any atom is 0.218 e. The minimum absolute atomic E-state index is 0.670. The highest BCUT2D eigenvalue weighted by atomic mass is 28.4. The van der Waals surface area contributed by atoms with Crippen LogP contribution in [0.15, 0.2) is 66.7 Å². The molecule has 0 N–H and O–H groups in total. The molecule has 0 aliphatic carbocycles. The molecule has 0 heterocycles. The van der Waals surface area contributed by atoms with Crippen molar-refractivity contribution >= 4 is 19.6 Å². The van der Waals surface area contributed by atoms with E-state index >= 15 is 0 Å². The molecule has 0 amide bonds. The molecule has 2 heteroatoms. The third-order valence-electron chi connectivity index (χ3n) is 3.12. The fraction of sp³-hybridized carbons (Fsp3) is 0.176. The molecule has 0 saturated carbocycles. The Morgan fingerprint density at radius 1 is 0.895 bits per heavy atom. The van der Waals surface area contributed by atoms with Crippen LogP contribution in [0.3, 0.4) is 0 Å². The molecule has 0 bridgehead atoms. The lowest BCUT2D eigenvalue weighted by molar-refractivity contribution is 0.363. The van der Waals surface area contributed by atoms with Crippen LogP contribution < -0.4 is 5.19 Å². The van der Waals surface area contributed by atoms with Gasteiger partial charge in [-0.3, -0.25) is 0 Å². The van der Waals surface area contributed by atoms with Gasteiger partial charge in [-0.1, -0.05) is 72.8 Å². The minimum Gasteiger partial charge on any atom is -0.409 e. The van der Waals surface area contributed by atoms with Gasteiger partial charge >= 0.3 is 0 Å². The van der Waals surface area contributed by atoms with E-state index in [1.807, 2.05) is 24.3 Å². The summed E-state index contributed by atoms with van der Waals surface area (Å²) in [5, 5.41) is 1.34. The van der Waals surface area contributed by atoms with Crippen molar-refractivity contribution in [3.63, 3.8) is 0 Å². The van der Waals surface area contributed by atoms with Gasteiger partial charge in [0.2, 0.25) is 8.32 Å². The molecular weight excluding hydrogens is 248 g/mol. The Balaban J connectivity index is 1.90. The van der Waals surface area contributed by atoms with E-state index in [0.717, 1.165) is 0 Å². The lowest BCUT2D eigenvalue weighted by Crippen LogP contribution is -2.44. The van der Waals surface area contributed by atoms with Crippen molar-refractivity contribution in [2.45, 2.75) is 13.1 Å². The van der Waals surface area contributed by atoms with E-state index in [9.17, 15) is 0 Å². The normalized spacial score (nSPS) is 11.9. The molecule has 0 radical (unpaired) electrons. The van der Waals surface area contributed by atoms with E-state index in [4.69, 9.17) is 4.43 Å². The highest BCUT2D eigenvalue weighted by Gasteiger charge is 2.24. The van der Waals surface area contributed by atoms with Crippen LogP contribution in [0.5, 0.6) is 0 Å². The summed E-state index contributed by atoms with van der Waals surface area (Å²) in [4.78, 5) is 0. The third-order valence-corrected chi connectivity index (χ3v) is 5.73. The summed E-state index contributed by atoms with van der Waals surface area (Å²) < 4.78 is 6.09. The molecule has 2 rings (SSSR count). The van der Waals surface area contributed by atoms with Gasteiger partial charge in [-0.05, 0) is 23.8 Å². The zero-order valence-electron chi connectivity index (χ0n) is 11.5. The summed E-state index contributed by atoms with van der Waals surface area (Å²) in [6.45, 7) is 5.14. The van der Waals surface area contributed by atoms with Gasteiger partial charge in [0.1, 0.15) is 0 Å². The second-order valence-electron chi connectivity index (χ2n) is 5.00. The average molecular weight is 268 g/mol. The molecule has 0 aliphatic heterocycles. The lowest BCUT2D eigenvalue weighted by atomic mass is 10.2. The number of hydrogen-bond donors (Lipinski definition) is 0. The van der Waals surface area contributed by atoms with Gasteiger partial charge in [0.25, 0.3) is 0 Å². The fourth-order valence-corrected chi connectivity index (χ4v) is 3.60. The Hall–Kier alpha value is -1.64. The summed E-state index contributed by atoms with van der Waals surface area (Å²) in [7, 11) is -1.77. The molecule has 0 fully saturated rings. The van der Waals surface area contributed by atoms with Gasteiger partial charge in [-0.25, -0.2) is 0 Å². The molecule has 0 unspecified atom stereocenters. The molecule has 0 spiro atoms. The van der Waals surface area contributed by atoms with Crippen LogP contribution in [-0.2, 0) is 4.43 Å². The van der Waals surface area contributed by atoms with Crippen molar-refractivity contribution in [2.75, 3.05) is 6.61 Å². The molecule has 0 aromatic heterocycles. The Morgan fingerprint density at radius 3 is 2.11 bits per heavy atom. The zero-order valence-corrected chi connectivity index (χ0v) is 12.5. The van der Waals surface area contributed by atoms with Crippen LogP contribution in [0, 0.1) is 0 Å². The van der Waals surface area contributed by atoms with E-state index in [2.05, 4.69) is 61.6 Å². The summed E-state index contributed by atoms with van der Waals surface area (Å²) in [5.74, 6) is 0. The molecule has 0 atom stereocenters. The Bertz CT molecular complexity index is 517. The van der Waals surface area contributed by atoms with Crippen LogP contribution in [0.2, 0.25) is 13.1 Å². The van der Waals surface area contributed by atoms with Crippen molar-refractivity contribution < 1.29 is 4.43 Å². The van der Waals surface area contributed by atoms with E-state index in [1.54, 1.807) is 0 Å². The molecular formula is C17H20OSi. The fourth-order valence-electron chi connectivity index (χ4n) is 1.93.